The first-order valence-electron chi connectivity index (χ1n) is 6.08. The van der Waals surface area contributed by atoms with Crippen LogP contribution in [0.25, 0.3) is 0 Å². The van der Waals surface area contributed by atoms with E-state index in [-0.39, 0.29) is 22.1 Å². The van der Waals surface area contributed by atoms with Crippen molar-refractivity contribution in [3.05, 3.63) is 47.5 Å². The summed E-state index contributed by atoms with van der Waals surface area (Å²) in [5.74, 6) is -0.380. The van der Waals surface area contributed by atoms with E-state index >= 15 is 0 Å². The summed E-state index contributed by atoms with van der Waals surface area (Å²) in [7, 11) is 0. The van der Waals surface area contributed by atoms with Gasteiger partial charge in [0, 0.05) is 11.4 Å². The van der Waals surface area contributed by atoms with Gasteiger partial charge in [-0.2, -0.15) is 0 Å². The molecular weight excluding hydrogens is 311 g/mol. The first kappa shape index (κ1) is 15.8. The van der Waals surface area contributed by atoms with Crippen LogP contribution in [-0.4, -0.2) is 15.1 Å². The lowest BCUT2D eigenvalue weighted by molar-refractivity contribution is 0.383. The molecule has 2 aromatic carbocycles. The first-order chi connectivity index (χ1) is 9.77. The molecule has 0 heterocycles. The van der Waals surface area contributed by atoms with Crippen LogP contribution in [0.1, 0.15) is 11.1 Å². The van der Waals surface area contributed by atoms with E-state index in [1.54, 1.807) is 26.0 Å². The van der Waals surface area contributed by atoms with Gasteiger partial charge in [-0.1, -0.05) is 12.1 Å². The molecule has 5 nitrogen and oxygen atoms in total. The highest BCUT2D eigenvalue weighted by molar-refractivity contribution is 8.55. The van der Waals surface area contributed by atoms with Gasteiger partial charge in [-0.25, -0.2) is 4.57 Å². The maximum Gasteiger partial charge on any atom is 0.442 e. The minimum absolute atomic E-state index is 0.0782. The van der Waals surface area contributed by atoms with Gasteiger partial charge in [-0.05, 0) is 49.2 Å². The van der Waals surface area contributed by atoms with Gasteiger partial charge in [-0.15, -0.1) is 0 Å². The number of rotatable bonds is 4. The minimum atomic E-state index is -4.12. The molecule has 0 radical (unpaired) electrons. The fraction of sp³-hybridized carbons (Fsp3) is 0.143. The van der Waals surface area contributed by atoms with E-state index in [9.17, 15) is 19.7 Å². The Morgan fingerprint density at radius 1 is 1.00 bits per heavy atom. The zero-order valence-corrected chi connectivity index (χ0v) is 13.2. The Balaban J connectivity index is 2.20. The highest BCUT2D eigenvalue weighted by atomic mass is 32.7. The van der Waals surface area contributed by atoms with E-state index in [0.717, 1.165) is 11.1 Å². The molecule has 0 spiro atoms. The fourth-order valence-corrected chi connectivity index (χ4v) is 4.21. The molecule has 112 valence electrons. The van der Waals surface area contributed by atoms with Crippen LogP contribution < -0.4 is 4.52 Å². The largest absolute Gasteiger partial charge is 0.507 e. The lowest BCUT2D eigenvalue weighted by atomic mass is 10.2. The smallest absolute Gasteiger partial charge is 0.442 e. The number of benzene rings is 2. The van der Waals surface area contributed by atoms with E-state index in [2.05, 4.69) is 0 Å². The molecular formula is C14H15O5PS. The summed E-state index contributed by atoms with van der Waals surface area (Å²) >= 11 is 0.517. The zero-order chi connectivity index (χ0) is 15.6. The number of aromatic hydroxyl groups is 2. The maximum absolute atomic E-state index is 12.1. The van der Waals surface area contributed by atoms with Gasteiger partial charge in [0.25, 0.3) is 0 Å². The molecule has 0 aliphatic heterocycles. The van der Waals surface area contributed by atoms with E-state index < -0.39 is 6.80 Å². The molecule has 2 rings (SSSR count). The lowest BCUT2D eigenvalue weighted by Crippen LogP contribution is -1.90. The van der Waals surface area contributed by atoms with Gasteiger partial charge < -0.3 is 19.6 Å². The molecule has 21 heavy (non-hydrogen) atoms. The number of phenolic OH excluding ortho intramolecular Hbond substituents is 2. The summed E-state index contributed by atoms with van der Waals surface area (Å²) in [6, 6.07) is 9.25. The standard InChI is InChI=1S/C14H15O5PS/c1-9-3-5-13(11(15)7-9)19-20(17,18)21-14-6-4-10(2)8-12(14)16/h3-8,15-16H,1-2H3,(H,17,18). The Morgan fingerprint density at radius 3 is 2.14 bits per heavy atom. The van der Waals surface area contributed by atoms with Crippen LogP contribution >= 0.6 is 18.2 Å². The van der Waals surface area contributed by atoms with Crippen LogP contribution in [0, 0.1) is 13.8 Å². The summed E-state index contributed by atoms with van der Waals surface area (Å²) in [4.78, 5) is 10.1. The molecule has 2 aromatic rings. The van der Waals surface area contributed by atoms with Crippen LogP contribution in [0.15, 0.2) is 41.3 Å². The number of aryl methyl sites for hydroxylation is 2. The van der Waals surface area contributed by atoms with Gasteiger partial charge >= 0.3 is 6.80 Å². The lowest BCUT2D eigenvalue weighted by Gasteiger charge is -2.14. The van der Waals surface area contributed by atoms with Gasteiger partial charge in [0.05, 0.1) is 4.90 Å². The third-order valence-electron chi connectivity index (χ3n) is 2.66. The van der Waals surface area contributed by atoms with Crippen LogP contribution in [-0.2, 0) is 4.57 Å². The molecule has 3 N–H and O–H groups in total. The maximum atomic E-state index is 12.1. The molecule has 0 bridgehead atoms. The van der Waals surface area contributed by atoms with Crippen molar-refractivity contribution in [2.24, 2.45) is 0 Å². The fourth-order valence-electron chi connectivity index (χ4n) is 1.68. The highest BCUT2D eigenvalue weighted by Crippen LogP contribution is 2.61. The van der Waals surface area contributed by atoms with Crippen molar-refractivity contribution in [2.45, 2.75) is 18.7 Å². The molecule has 0 amide bonds. The predicted octanol–water partition coefficient (Wildman–Crippen LogP) is 3.99. The average Bonchev–Trinajstić information content (AvgIpc) is 2.36. The quantitative estimate of drug-likeness (QED) is 0.737. The molecule has 0 fully saturated rings. The number of hydrogen-bond donors (Lipinski definition) is 3. The first-order valence-corrected chi connectivity index (χ1v) is 9.08. The van der Waals surface area contributed by atoms with E-state index in [4.69, 9.17) is 4.52 Å². The summed E-state index contributed by atoms with van der Waals surface area (Å²) in [6.07, 6.45) is 0. The highest BCUT2D eigenvalue weighted by Gasteiger charge is 2.26. The second kappa shape index (κ2) is 6.02. The Hall–Kier alpha value is -1.62. The summed E-state index contributed by atoms with van der Waals surface area (Å²) in [6.45, 7) is -0.546. The van der Waals surface area contributed by atoms with Crippen LogP contribution in [0.2, 0.25) is 0 Å². The third-order valence-corrected chi connectivity index (χ3v) is 5.36. The Bertz CT molecular complexity index is 659. The number of hydrogen-bond acceptors (Lipinski definition) is 5. The molecule has 0 saturated heterocycles. The van der Waals surface area contributed by atoms with Crippen molar-refractivity contribution in [3.63, 3.8) is 0 Å². The van der Waals surface area contributed by atoms with Crippen molar-refractivity contribution in [2.75, 3.05) is 0 Å². The average molecular weight is 326 g/mol. The topological polar surface area (TPSA) is 87.0 Å². The summed E-state index contributed by atoms with van der Waals surface area (Å²) in [5, 5.41) is 19.4. The number of phenols is 2. The van der Waals surface area contributed by atoms with Crippen molar-refractivity contribution < 1.29 is 24.2 Å². The van der Waals surface area contributed by atoms with Crippen LogP contribution in [0.5, 0.6) is 17.2 Å². The third kappa shape index (κ3) is 4.17. The SMILES string of the molecule is Cc1ccc(OP(=O)(O)Sc2ccc(C)cc2O)c(O)c1. The molecule has 7 heteroatoms. The molecule has 0 aliphatic carbocycles. The van der Waals surface area contributed by atoms with E-state index in [1.807, 2.05) is 0 Å². The van der Waals surface area contributed by atoms with Crippen molar-refractivity contribution in [1.29, 1.82) is 0 Å². The molecule has 0 aliphatic rings. The minimum Gasteiger partial charge on any atom is -0.507 e. The molecule has 1 atom stereocenters. The van der Waals surface area contributed by atoms with Crippen LogP contribution in [0.3, 0.4) is 0 Å². The second-order valence-electron chi connectivity index (χ2n) is 4.59. The van der Waals surface area contributed by atoms with Crippen LogP contribution in [0.4, 0.5) is 0 Å². The molecule has 0 aromatic heterocycles. The Labute approximate surface area is 126 Å². The molecule has 1 unspecified atom stereocenters. The van der Waals surface area contributed by atoms with Crippen molar-refractivity contribution in [3.8, 4) is 17.2 Å². The monoisotopic (exact) mass is 326 g/mol. The normalized spacial score (nSPS) is 13.7. The second-order valence-corrected chi connectivity index (χ2v) is 8.27. The van der Waals surface area contributed by atoms with Gasteiger partial charge in [-0.3, -0.25) is 0 Å². The van der Waals surface area contributed by atoms with Gasteiger partial charge in [0.2, 0.25) is 0 Å². The van der Waals surface area contributed by atoms with E-state index in [0.29, 0.717) is 11.4 Å². The Kier molecular flexibility index (Phi) is 4.52. The van der Waals surface area contributed by atoms with Crippen molar-refractivity contribution >= 4 is 18.2 Å². The Morgan fingerprint density at radius 2 is 1.57 bits per heavy atom. The molecule has 0 saturated carbocycles. The van der Waals surface area contributed by atoms with Gasteiger partial charge in [0.15, 0.2) is 11.5 Å². The summed E-state index contributed by atoms with van der Waals surface area (Å²) in [5.41, 5.74) is 1.64. The summed E-state index contributed by atoms with van der Waals surface area (Å²) < 4.78 is 17.1. The van der Waals surface area contributed by atoms with Crippen molar-refractivity contribution in [1.82, 2.24) is 0 Å². The van der Waals surface area contributed by atoms with Gasteiger partial charge in [0.1, 0.15) is 5.75 Å². The predicted molar refractivity (Wildman–Crippen MR) is 82.0 cm³/mol. The zero-order valence-electron chi connectivity index (χ0n) is 11.5. The van der Waals surface area contributed by atoms with E-state index in [1.165, 1.54) is 24.3 Å².